The summed E-state index contributed by atoms with van der Waals surface area (Å²) in [4.78, 5) is 20.9. The van der Waals surface area contributed by atoms with Gasteiger partial charge in [0.15, 0.2) is 0 Å². The lowest BCUT2D eigenvalue weighted by atomic mass is 10.3. The number of hydrogen-bond donors (Lipinski definition) is 2. The van der Waals surface area contributed by atoms with E-state index in [0.717, 1.165) is 21.9 Å². The Balaban J connectivity index is 0.00000144. The van der Waals surface area contributed by atoms with Gasteiger partial charge in [-0.1, -0.05) is 12.1 Å². The van der Waals surface area contributed by atoms with E-state index in [9.17, 15) is 4.79 Å². The van der Waals surface area contributed by atoms with Crippen molar-refractivity contribution in [3.8, 4) is 0 Å². The summed E-state index contributed by atoms with van der Waals surface area (Å²) in [6.45, 7) is 0.905. The first-order valence-electron chi connectivity index (χ1n) is 7.02. The molecule has 3 N–H and O–H groups in total. The standard InChI is InChI=1S/C15H17N5OS.2ClH/c1-20-12-5-3-2-4-10(12)18-13(20)8-17-15(21)11-9-22-14(19-11)6-7-16;;/h2-5,9H,6-8,16H2,1H3,(H,17,21);2*1H. The zero-order valence-corrected chi connectivity index (χ0v) is 15.5. The molecule has 1 amide bonds. The van der Waals surface area contributed by atoms with E-state index in [2.05, 4.69) is 15.3 Å². The second kappa shape index (κ2) is 8.98. The van der Waals surface area contributed by atoms with Gasteiger partial charge in [0.25, 0.3) is 5.91 Å². The van der Waals surface area contributed by atoms with Crippen LogP contribution in [0.4, 0.5) is 0 Å². The van der Waals surface area contributed by atoms with Crippen molar-refractivity contribution in [2.24, 2.45) is 12.8 Å². The van der Waals surface area contributed by atoms with Gasteiger partial charge in [-0.2, -0.15) is 0 Å². The van der Waals surface area contributed by atoms with Crippen molar-refractivity contribution in [2.75, 3.05) is 6.54 Å². The third-order valence-corrected chi connectivity index (χ3v) is 4.34. The number of hydrogen-bond acceptors (Lipinski definition) is 5. The predicted molar refractivity (Wildman–Crippen MR) is 101 cm³/mol. The number of carbonyl (C=O) groups excluding carboxylic acids is 1. The number of para-hydroxylation sites is 2. The quantitative estimate of drug-likeness (QED) is 0.702. The van der Waals surface area contributed by atoms with Crippen molar-refractivity contribution >= 4 is 53.1 Å². The molecule has 2 heterocycles. The van der Waals surface area contributed by atoms with Crippen LogP contribution in [0.2, 0.25) is 0 Å². The second-order valence-electron chi connectivity index (χ2n) is 4.92. The van der Waals surface area contributed by atoms with Crippen LogP contribution in [0, 0.1) is 0 Å². The molecule has 0 spiro atoms. The fourth-order valence-electron chi connectivity index (χ4n) is 2.26. The number of halogens is 2. The van der Waals surface area contributed by atoms with Crippen LogP contribution in [-0.4, -0.2) is 27.0 Å². The average molecular weight is 388 g/mol. The molecule has 0 saturated carbocycles. The van der Waals surface area contributed by atoms with E-state index in [1.54, 1.807) is 5.38 Å². The number of nitrogens with two attached hydrogens (primary N) is 1. The molecule has 3 rings (SSSR count). The molecule has 24 heavy (non-hydrogen) atoms. The summed E-state index contributed by atoms with van der Waals surface area (Å²) in [7, 11) is 1.94. The monoisotopic (exact) mass is 387 g/mol. The van der Waals surface area contributed by atoms with Gasteiger partial charge in [0.1, 0.15) is 11.5 Å². The maximum Gasteiger partial charge on any atom is 0.271 e. The Morgan fingerprint density at radius 2 is 2.04 bits per heavy atom. The van der Waals surface area contributed by atoms with Gasteiger partial charge in [0, 0.05) is 18.8 Å². The van der Waals surface area contributed by atoms with Crippen molar-refractivity contribution in [1.82, 2.24) is 19.9 Å². The summed E-state index contributed by atoms with van der Waals surface area (Å²) in [5.41, 5.74) is 7.90. The Bertz CT molecular complexity index is 817. The van der Waals surface area contributed by atoms with Crippen LogP contribution in [0.3, 0.4) is 0 Å². The number of thiazole rings is 1. The van der Waals surface area contributed by atoms with E-state index in [0.29, 0.717) is 25.2 Å². The Hall–Kier alpha value is -1.67. The number of benzene rings is 1. The van der Waals surface area contributed by atoms with E-state index >= 15 is 0 Å². The lowest BCUT2D eigenvalue weighted by molar-refractivity contribution is 0.0945. The van der Waals surface area contributed by atoms with Gasteiger partial charge in [-0.05, 0) is 18.7 Å². The topological polar surface area (TPSA) is 85.8 Å². The van der Waals surface area contributed by atoms with Crippen LogP contribution in [0.25, 0.3) is 11.0 Å². The number of carbonyl (C=O) groups is 1. The number of imidazole rings is 1. The molecule has 0 saturated heterocycles. The highest BCUT2D eigenvalue weighted by Crippen LogP contribution is 2.14. The fraction of sp³-hybridized carbons (Fsp3) is 0.267. The summed E-state index contributed by atoms with van der Waals surface area (Å²) in [6, 6.07) is 7.89. The van der Waals surface area contributed by atoms with Crippen LogP contribution in [0.5, 0.6) is 0 Å². The predicted octanol–water partition coefficient (Wildman–Crippen LogP) is 2.30. The van der Waals surface area contributed by atoms with E-state index in [4.69, 9.17) is 5.73 Å². The molecule has 0 fully saturated rings. The fourth-order valence-corrected chi connectivity index (χ4v) is 3.05. The summed E-state index contributed by atoms with van der Waals surface area (Å²) in [6.07, 6.45) is 0.697. The smallest absolute Gasteiger partial charge is 0.271 e. The van der Waals surface area contributed by atoms with E-state index in [1.807, 2.05) is 35.9 Å². The summed E-state index contributed by atoms with van der Waals surface area (Å²) >= 11 is 1.46. The van der Waals surface area contributed by atoms with Gasteiger partial charge in [-0.25, -0.2) is 9.97 Å². The summed E-state index contributed by atoms with van der Waals surface area (Å²) in [5.74, 6) is 0.624. The molecule has 0 aliphatic carbocycles. The zero-order chi connectivity index (χ0) is 15.5. The molecule has 9 heteroatoms. The molecule has 0 unspecified atom stereocenters. The minimum absolute atomic E-state index is 0. The third-order valence-electron chi connectivity index (χ3n) is 3.43. The molecule has 0 atom stereocenters. The number of aromatic nitrogens is 3. The molecule has 1 aromatic carbocycles. The van der Waals surface area contributed by atoms with Gasteiger partial charge in [-0.3, -0.25) is 4.79 Å². The van der Waals surface area contributed by atoms with E-state index in [1.165, 1.54) is 11.3 Å². The van der Waals surface area contributed by atoms with Gasteiger partial charge in [0.2, 0.25) is 0 Å². The van der Waals surface area contributed by atoms with Crippen molar-refractivity contribution in [2.45, 2.75) is 13.0 Å². The first-order valence-corrected chi connectivity index (χ1v) is 7.90. The molecule has 0 aliphatic rings. The molecule has 2 aromatic heterocycles. The molecular weight excluding hydrogens is 369 g/mol. The van der Waals surface area contributed by atoms with Crippen LogP contribution < -0.4 is 11.1 Å². The normalized spacial score (nSPS) is 10.1. The molecule has 0 aliphatic heterocycles. The van der Waals surface area contributed by atoms with Gasteiger partial charge >= 0.3 is 0 Å². The number of rotatable bonds is 5. The van der Waals surface area contributed by atoms with Crippen molar-refractivity contribution in [1.29, 1.82) is 0 Å². The lowest BCUT2D eigenvalue weighted by Gasteiger charge is -2.04. The highest BCUT2D eigenvalue weighted by Gasteiger charge is 2.12. The minimum Gasteiger partial charge on any atom is -0.343 e. The van der Waals surface area contributed by atoms with Gasteiger partial charge < -0.3 is 15.6 Å². The van der Waals surface area contributed by atoms with Crippen molar-refractivity contribution in [3.05, 3.63) is 46.2 Å². The number of aryl methyl sites for hydroxylation is 1. The highest BCUT2D eigenvalue weighted by atomic mass is 35.5. The first-order chi connectivity index (χ1) is 10.7. The zero-order valence-electron chi connectivity index (χ0n) is 13.1. The average Bonchev–Trinajstić information content (AvgIpc) is 3.11. The summed E-state index contributed by atoms with van der Waals surface area (Å²) in [5, 5.41) is 5.51. The number of nitrogens with one attached hydrogen (secondary N) is 1. The lowest BCUT2D eigenvalue weighted by Crippen LogP contribution is -2.24. The van der Waals surface area contributed by atoms with Crippen molar-refractivity contribution < 1.29 is 4.79 Å². The highest BCUT2D eigenvalue weighted by molar-refractivity contribution is 7.09. The number of amides is 1. The second-order valence-corrected chi connectivity index (χ2v) is 5.87. The number of fused-ring (bicyclic) bond motifs is 1. The Labute approximate surface area is 156 Å². The molecule has 6 nitrogen and oxygen atoms in total. The maximum absolute atomic E-state index is 12.1. The number of nitrogens with zero attached hydrogens (tertiary/aromatic N) is 3. The molecule has 0 radical (unpaired) electrons. The van der Waals surface area contributed by atoms with E-state index in [-0.39, 0.29) is 30.7 Å². The van der Waals surface area contributed by atoms with Crippen LogP contribution in [0.1, 0.15) is 21.3 Å². The van der Waals surface area contributed by atoms with Crippen molar-refractivity contribution in [3.63, 3.8) is 0 Å². The molecule has 0 bridgehead atoms. The molecule has 130 valence electrons. The molecular formula is C15H19Cl2N5OS. The van der Waals surface area contributed by atoms with Gasteiger partial charge in [-0.15, -0.1) is 36.2 Å². The summed E-state index contributed by atoms with van der Waals surface area (Å²) < 4.78 is 1.98. The van der Waals surface area contributed by atoms with Crippen LogP contribution in [0.15, 0.2) is 29.6 Å². The van der Waals surface area contributed by atoms with Crippen LogP contribution >= 0.6 is 36.2 Å². The third kappa shape index (κ3) is 4.24. The maximum atomic E-state index is 12.1. The Morgan fingerprint density at radius 3 is 2.75 bits per heavy atom. The Morgan fingerprint density at radius 1 is 1.29 bits per heavy atom. The Kier molecular flexibility index (Phi) is 7.62. The SMILES string of the molecule is Cl.Cl.Cn1c(CNC(=O)c2csc(CCN)n2)nc2ccccc21. The molecule has 3 aromatic rings. The van der Waals surface area contributed by atoms with E-state index < -0.39 is 0 Å². The first kappa shape index (κ1) is 20.4. The largest absolute Gasteiger partial charge is 0.343 e. The van der Waals surface area contributed by atoms with Gasteiger partial charge in [0.05, 0.1) is 22.6 Å². The van der Waals surface area contributed by atoms with Crippen LogP contribution in [-0.2, 0) is 20.0 Å². The minimum atomic E-state index is -0.188.